The fraction of sp³-hybridized carbons (Fsp3) is 0.222. The van der Waals surface area contributed by atoms with E-state index in [1.54, 1.807) is 49.5 Å². The Balaban J connectivity index is 1.70. The van der Waals surface area contributed by atoms with Gasteiger partial charge in [-0.15, -0.1) is 0 Å². The maximum atomic E-state index is 13.1. The summed E-state index contributed by atoms with van der Waals surface area (Å²) >= 11 is 5.95. The molecule has 3 aromatic carbocycles. The average Bonchev–Trinajstić information content (AvgIpc) is 2.92. The van der Waals surface area contributed by atoms with Crippen LogP contribution in [0.2, 0.25) is 5.02 Å². The zero-order valence-corrected chi connectivity index (χ0v) is 21.1. The molecular formula is C27H26ClNO5S. The normalized spacial score (nSPS) is 14.9. The summed E-state index contributed by atoms with van der Waals surface area (Å²) in [5.74, 6) is 1.07. The van der Waals surface area contributed by atoms with Crippen LogP contribution in [0, 0.1) is 0 Å². The van der Waals surface area contributed by atoms with Crippen molar-refractivity contribution in [3.8, 4) is 11.5 Å². The van der Waals surface area contributed by atoms with Gasteiger partial charge in [-0.2, -0.15) is 0 Å². The number of nitrogens with zero attached hydrogens (tertiary/aromatic N) is 1. The first-order valence-corrected chi connectivity index (χ1v) is 12.6. The number of rotatable bonds is 7. The van der Waals surface area contributed by atoms with Crippen molar-refractivity contribution in [2.24, 2.45) is 0 Å². The van der Waals surface area contributed by atoms with Crippen molar-refractivity contribution in [2.75, 3.05) is 40.5 Å². The molecule has 1 aliphatic heterocycles. The molecule has 3 aromatic rings. The van der Waals surface area contributed by atoms with E-state index in [1.165, 1.54) is 0 Å². The molecule has 0 saturated carbocycles. The Labute approximate surface area is 212 Å². The van der Waals surface area contributed by atoms with Gasteiger partial charge >= 0.3 is 0 Å². The van der Waals surface area contributed by atoms with Gasteiger partial charge in [-0.25, -0.2) is 4.21 Å². The van der Waals surface area contributed by atoms with Crippen molar-refractivity contribution in [1.29, 1.82) is 0 Å². The summed E-state index contributed by atoms with van der Waals surface area (Å²) in [5.41, 5.74) is 2.35. The highest BCUT2D eigenvalue weighted by Crippen LogP contribution is 2.33. The van der Waals surface area contributed by atoms with E-state index in [1.807, 2.05) is 42.5 Å². The molecule has 1 fully saturated rings. The van der Waals surface area contributed by atoms with Crippen molar-refractivity contribution < 1.29 is 23.2 Å². The van der Waals surface area contributed by atoms with Gasteiger partial charge < -0.3 is 19.1 Å². The summed E-state index contributed by atoms with van der Waals surface area (Å²) in [7, 11) is 1.80. The summed E-state index contributed by atoms with van der Waals surface area (Å²) in [4.78, 5) is 16.2. The Kier molecular flexibility index (Phi) is 8.23. The van der Waals surface area contributed by atoms with E-state index < -0.39 is 10.8 Å². The lowest BCUT2D eigenvalue weighted by atomic mass is 9.96. The van der Waals surface area contributed by atoms with Gasteiger partial charge in [0, 0.05) is 34.0 Å². The van der Waals surface area contributed by atoms with Gasteiger partial charge in [-0.1, -0.05) is 29.8 Å². The topological polar surface area (TPSA) is 65.1 Å². The predicted molar refractivity (Wildman–Crippen MR) is 137 cm³/mol. The zero-order chi connectivity index (χ0) is 24.8. The van der Waals surface area contributed by atoms with Gasteiger partial charge in [0.25, 0.3) is 0 Å². The molecule has 1 atom stereocenters. The number of amides is 1. The number of methoxy groups -OCH3 is 2. The minimum atomic E-state index is -1.35. The Bertz CT molecular complexity index is 1240. The average molecular weight is 512 g/mol. The molecule has 182 valence electrons. The number of benzene rings is 3. The molecule has 1 unspecified atom stereocenters. The van der Waals surface area contributed by atoms with Crippen LogP contribution in [0.1, 0.15) is 11.1 Å². The standard InChI is InChI=1S/C27H26ClNO5S/c1-32-25-12-5-20(17-26(25)33-2)24(18-27(30)29-13-15-34-16-14-29)19-3-8-22(9-4-19)35(31)23-10-6-21(28)7-11-23/h3-12,17-18H,13-16H2,1-2H3. The van der Waals surface area contributed by atoms with E-state index in [2.05, 4.69) is 0 Å². The molecule has 4 rings (SSSR count). The molecular weight excluding hydrogens is 486 g/mol. The molecule has 1 heterocycles. The lowest BCUT2D eigenvalue weighted by Gasteiger charge is -2.26. The second-order valence-electron chi connectivity index (χ2n) is 7.81. The fourth-order valence-electron chi connectivity index (χ4n) is 3.79. The first-order chi connectivity index (χ1) is 17.0. The molecule has 0 radical (unpaired) electrons. The molecule has 1 amide bonds. The monoisotopic (exact) mass is 511 g/mol. The number of hydrogen-bond acceptors (Lipinski definition) is 5. The Morgan fingerprint density at radius 1 is 0.886 bits per heavy atom. The Morgan fingerprint density at radius 2 is 1.46 bits per heavy atom. The Hall–Kier alpha value is -3.13. The first-order valence-electron chi connectivity index (χ1n) is 11.1. The number of morpholine rings is 1. The maximum absolute atomic E-state index is 13.1. The molecule has 35 heavy (non-hydrogen) atoms. The van der Waals surface area contributed by atoms with Crippen molar-refractivity contribution in [1.82, 2.24) is 4.90 Å². The summed E-state index contributed by atoms with van der Waals surface area (Å²) in [6.07, 6.45) is 1.64. The van der Waals surface area contributed by atoms with Gasteiger partial charge in [-0.3, -0.25) is 4.79 Å². The summed E-state index contributed by atoms with van der Waals surface area (Å²) < 4.78 is 29.2. The lowest BCUT2D eigenvalue weighted by Crippen LogP contribution is -2.39. The van der Waals surface area contributed by atoms with E-state index >= 15 is 0 Å². The highest BCUT2D eigenvalue weighted by molar-refractivity contribution is 7.85. The molecule has 0 aromatic heterocycles. The summed E-state index contributed by atoms with van der Waals surface area (Å²) in [6.45, 7) is 2.15. The molecule has 0 spiro atoms. The van der Waals surface area contributed by atoms with Crippen LogP contribution in [0.5, 0.6) is 11.5 Å². The number of hydrogen-bond donors (Lipinski definition) is 0. The third kappa shape index (κ3) is 5.93. The smallest absolute Gasteiger partial charge is 0.247 e. The zero-order valence-electron chi connectivity index (χ0n) is 19.5. The summed E-state index contributed by atoms with van der Waals surface area (Å²) in [6, 6.07) is 19.9. The second-order valence-corrected chi connectivity index (χ2v) is 9.73. The van der Waals surface area contributed by atoms with Gasteiger partial charge in [0.2, 0.25) is 5.91 Å². The van der Waals surface area contributed by atoms with Gasteiger partial charge in [-0.05, 0) is 65.2 Å². The molecule has 1 saturated heterocycles. The van der Waals surface area contributed by atoms with Gasteiger partial charge in [0.05, 0.1) is 38.2 Å². The van der Waals surface area contributed by atoms with Crippen LogP contribution >= 0.6 is 11.6 Å². The van der Waals surface area contributed by atoms with Crippen LogP contribution in [0.4, 0.5) is 0 Å². The van der Waals surface area contributed by atoms with Crippen molar-refractivity contribution in [3.63, 3.8) is 0 Å². The summed E-state index contributed by atoms with van der Waals surface area (Å²) in [5, 5.41) is 0.593. The highest BCUT2D eigenvalue weighted by atomic mass is 35.5. The minimum absolute atomic E-state index is 0.0908. The van der Waals surface area contributed by atoms with Crippen LogP contribution in [-0.2, 0) is 20.3 Å². The fourth-order valence-corrected chi connectivity index (χ4v) is 4.95. The number of carbonyl (C=O) groups is 1. The van der Waals surface area contributed by atoms with Gasteiger partial charge in [0.1, 0.15) is 0 Å². The van der Waals surface area contributed by atoms with Crippen LogP contribution in [-0.4, -0.2) is 55.5 Å². The van der Waals surface area contributed by atoms with Crippen LogP contribution in [0.3, 0.4) is 0 Å². The molecule has 0 N–H and O–H groups in total. The lowest BCUT2D eigenvalue weighted by molar-refractivity contribution is -0.129. The third-order valence-electron chi connectivity index (χ3n) is 5.69. The third-order valence-corrected chi connectivity index (χ3v) is 7.34. The number of ether oxygens (including phenoxy) is 3. The number of halogens is 1. The molecule has 8 heteroatoms. The number of carbonyl (C=O) groups excluding carboxylic acids is 1. The molecule has 0 aliphatic carbocycles. The predicted octanol–water partition coefficient (Wildman–Crippen LogP) is 4.81. The quantitative estimate of drug-likeness (QED) is 0.426. The van der Waals surface area contributed by atoms with Gasteiger partial charge in [0.15, 0.2) is 11.5 Å². The van der Waals surface area contributed by atoms with Crippen molar-refractivity contribution in [2.45, 2.75) is 9.79 Å². The van der Waals surface area contributed by atoms with E-state index in [-0.39, 0.29) is 5.91 Å². The van der Waals surface area contributed by atoms with E-state index in [4.69, 9.17) is 25.8 Å². The van der Waals surface area contributed by atoms with Crippen LogP contribution < -0.4 is 9.47 Å². The van der Waals surface area contributed by atoms with Crippen LogP contribution in [0.25, 0.3) is 5.57 Å². The van der Waals surface area contributed by atoms with Crippen molar-refractivity contribution in [3.05, 3.63) is 89.0 Å². The minimum Gasteiger partial charge on any atom is -0.493 e. The molecule has 1 aliphatic rings. The van der Waals surface area contributed by atoms with E-state index in [0.29, 0.717) is 52.6 Å². The second kappa shape index (κ2) is 11.5. The Morgan fingerprint density at radius 3 is 2.06 bits per heavy atom. The van der Waals surface area contributed by atoms with E-state index in [0.717, 1.165) is 16.7 Å². The first kappa shape index (κ1) is 25.0. The van der Waals surface area contributed by atoms with Crippen LogP contribution in [0.15, 0.2) is 82.6 Å². The maximum Gasteiger partial charge on any atom is 0.247 e. The largest absolute Gasteiger partial charge is 0.493 e. The molecule has 0 bridgehead atoms. The SMILES string of the molecule is COc1ccc(C(=CC(=O)N2CCOCC2)c2ccc(S(=O)c3ccc(Cl)cc3)cc2)cc1OC. The van der Waals surface area contributed by atoms with Crippen molar-refractivity contribution >= 4 is 33.9 Å². The highest BCUT2D eigenvalue weighted by Gasteiger charge is 2.18. The molecule has 6 nitrogen and oxygen atoms in total. The van der Waals surface area contributed by atoms with E-state index in [9.17, 15) is 9.00 Å².